The van der Waals surface area contributed by atoms with Crippen LogP contribution in [0.4, 0.5) is 0 Å². The first kappa shape index (κ1) is 16.3. The van der Waals surface area contributed by atoms with Crippen LogP contribution in [0.15, 0.2) is 11.6 Å². The second-order valence-corrected chi connectivity index (χ2v) is 9.19. The van der Waals surface area contributed by atoms with Gasteiger partial charge in [0, 0.05) is 30.8 Å². The summed E-state index contributed by atoms with van der Waals surface area (Å²) in [6, 6.07) is 0. The number of esters is 1. The van der Waals surface area contributed by atoms with Gasteiger partial charge in [-0.1, -0.05) is 18.1 Å². The van der Waals surface area contributed by atoms with Gasteiger partial charge in [-0.05, 0) is 56.8 Å². The lowest BCUT2D eigenvalue weighted by molar-refractivity contribution is -0.192. The number of aliphatic hydroxyl groups is 1. The number of fused-ring (bicyclic) bond motifs is 2. The van der Waals surface area contributed by atoms with E-state index in [1.54, 1.807) is 7.11 Å². The fraction of sp³-hybridized carbons (Fsp3) is 0.857. The highest BCUT2D eigenvalue weighted by Gasteiger charge is 2.78. The molecule has 0 unspecified atom stereocenters. The Morgan fingerprint density at radius 1 is 1.20 bits per heavy atom. The normalized spacial score (nSPS) is 53.0. The van der Waals surface area contributed by atoms with Crippen molar-refractivity contribution in [1.82, 2.24) is 0 Å². The maximum absolute atomic E-state index is 12.1. The van der Waals surface area contributed by atoms with Crippen LogP contribution in [0.25, 0.3) is 0 Å². The first-order valence-electron chi connectivity index (χ1n) is 10.1. The molecule has 5 aliphatic rings. The van der Waals surface area contributed by atoms with Gasteiger partial charge in [-0.3, -0.25) is 4.79 Å². The lowest BCUT2D eigenvalue weighted by Gasteiger charge is -2.51. The third-order valence-electron chi connectivity index (χ3n) is 8.64. The SMILES string of the molecule is CO[C@H]1CCC[C@@]12[C@@H](OC(C)=O)[C@@]13CC[C@H]2[C@@H]1C=C1CCC[C@@H]1[C@@H]3O. The van der Waals surface area contributed by atoms with Crippen LogP contribution < -0.4 is 0 Å². The van der Waals surface area contributed by atoms with Crippen molar-refractivity contribution in [2.24, 2.45) is 28.6 Å². The summed E-state index contributed by atoms with van der Waals surface area (Å²) in [4.78, 5) is 12.1. The Balaban J connectivity index is 1.67. The summed E-state index contributed by atoms with van der Waals surface area (Å²) in [6.07, 6.45) is 10.9. The average Bonchev–Trinajstić information content (AvgIpc) is 3.32. The van der Waals surface area contributed by atoms with Gasteiger partial charge in [0.05, 0.1) is 12.2 Å². The van der Waals surface area contributed by atoms with E-state index in [0.717, 1.165) is 44.9 Å². The van der Waals surface area contributed by atoms with Crippen molar-refractivity contribution >= 4 is 5.97 Å². The van der Waals surface area contributed by atoms with E-state index in [9.17, 15) is 9.90 Å². The number of allylic oxidation sites excluding steroid dienone is 1. The minimum absolute atomic E-state index is 0.0972. The van der Waals surface area contributed by atoms with Gasteiger partial charge in [0.2, 0.25) is 0 Å². The molecule has 0 radical (unpaired) electrons. The Morgan fingerprint density at radius 2 is 2.04 bits per heavy atom. The van der Waals surface area contributed by atoms with E-state index in [-0.39, 0.29) is 41.0 Å². The smallest absolute Gasteiger partial charge is 0.302 e. The summed E-state index contributed by atoms with van der Waals surface area (Å²) in [5, 5.41) is 11.5. The number of carbonyl (C=O) groups is 1. The molecular weight excluding hydrogens is 316 g/mol. The first-order chi connectivity index (χ1) is 12.1. The molecule has 0 aromatic heterocycles. The van der Waals surface area contributed by atoms with Gasteiger partial charge in [0.1, 0.15) is 6.10 Å². The van der Waals surface area contributed by atoms with E-state index in [4.69, 9.17) is 9.47 Å². The minimum Gasteiger partial charge on any atom is -0.461 e. The largest absolute Gasteiger partial charge is 0.461 e. The highest BCUT2D eigenvalue weighted by molar-refractivity contribution is 5.66. The van der Waals surface area contributed by atoms with Crippen molar-refractivity contribution < 1.29 is 19.4 Å². The zero-order chi connectivity index (χ0) is 17.4. The van der Waals surface area contributed by atoms with Crippen molar-refractivity contribution in [3.05, 3.63) is 11.6 Å². The van der Waals surface area contributed by atoms with Crippen molar-refractivity contribution in [1.29, 1.82) is 0 Å². The van der Waals surface area contributed by atoms with Crippen LogP contribution in [0.2, 0.25) is 0 Å². The number of ether oxygens (including phenoxy) is 2. The molecule has 5 rings (SSSR count). The fourth-order valence-electron chi connectivity index (χ4n) is 8.04. The molecule has 0 saturated heterocycles. The topological polar surface area (TPSA) is 55.8 Å². The summed E-state index contributed by atoms with van der Waals surface area (Å²) in [7, 11) is 1.81. The number of hydrogen-bond acceptors (Lipinski definition) is 4. The molecule has 0 aliphatic heterocycles. The summed E-state index contributed by atoms with van der Waals surface area (Å²) in [5.41, 5.74) is 1.10. The third-order valence-corrected chi connectivity index (χ3v) is 8.64. The molecule has 138 valence electrons. The molecule has 0 aromatic carbocycles. The van der Waals surface area contributed by atoms with Gasteiger partial charge in [0.15, 0.2) is 0 Å². The van der Waals surface area contributed by atoms with Crippen molar-refractivity contribution in [2.75, 3.05) is 7.11 Å². The Labute approximate surface area is 150 Å². The van der Waals surface area contributed by atoms with Gasteiger partial charge < -0.3 is 14.6 Å². The Hall–Kier alpha value is -0.870. The van der Waals surface area contributed by atoms with Gasteiger partial charge in [-0.25, -0.2) is 0 Å². The predicted octanol–water partition coefficient (Wildman–Crippen LogP) is 3.23. The molecule has 4 nitrogen and oxygen atoms in total. The van der Waals surface area contributed by atoms with Gasteiger partial charge in [-0.2, -0.15) is 0 Å². The highest BCUT2D eigenvalue weighted by Crippen LogP contribution is 2.75. The molecule has 0 aromatic rings. The second kappa shape index (κ2) is 5.32. The zero-order valence-electron chi connectivity index (χ0n) is 15.4. The van der Waals surface area contributed by atoms with E-state index in [1.807, 2.05) is 0 Å². The molecule has 4 saturated carbocycles. The molecular formula is C21H30O4. The molecule has 4 heteroatoms. The quantitative estimate of drug-likeness (QED) is 0.616. The van der Waals surface area contributed by atoms with Crippen LogP contribution >= 0.6 is 0 Å². The van der Waals surface area contributed by atoms with Gasteiger partial charge in [0.25, 0.3) is 0 Å². The maximum atomic E-state index is 12.1. The molecule has 1 N–H and O–H groups in total. The lowest BCUT2D eigenvalue weighted by Crippen LogP contribution is -2.57. The van der Waals surface area contributed by atoms with Gasteiger partial charge in [-0.15, -0.1) is 0 Å². The Morgan fingerprint density at radius 3 is 2.80 bits per heavy atom. The molecule has 8 atom stereocenters. The van der Waals surface area contributed by atoms with E-state index in [1.165, 1.54) is 18.9 Å². The number of aliphatic hydroxyl groups excluding tert-OH is 1. The zero-order valence-corrected chi connectivity index (χ0v) is 15.4. The summed E-state index contributed by atoms with van der Waals surface area (Å²) in [5.74, 6) is 0.908. The van der Waals surface area contributed by atoms with E-state index in [0.29, 0.717) is 11.8 Å². The van der Waals surface area contributed by atoms with Crippen LogP contribution in [0, 0.1) is 28.6 Å². The van der Waals surface area contributed by atoms with Crippen molar-refractivity contribution in [2.45, 2.75) is 76.6 Å². The summed E-state index contributed by atoms with van der Waals surface area (Å²) in [6.45, 7) is 1.52. The van der Waals surface area contributed by atoms with Gasteiger partial charge >= 0.3 is 5.97 Å². The monoisotopic (exact) mass is 346 g/mol. The molecule has 25 heavy (non-hydrogen) atoms. The van der Waals surface area contributed by atoms with Crippen molar-refractivity contribution in [3.63, 3.8) is 0 Å². The van der Waals surface area contributed by atoms with Crippen LogP contribution in [0.3, 0.4) is 0 Å². The lowest BCUT2D eigenvalue weighted by atomic mass is 9.60. The first-order valence-corrected chi connectivity index (χ1v) is 10.1. The summed E-state index contributed by atoms with van der Waals surface area (Å²) < 4.78 is 12.0. The predicted molar refractivity (Wildman–Crippen MR) is 92.7 cm³/mol. The van der Waals surface area contributed by atoms with Crippen LogP contribution in [-0.2, 0) is 14.3 Å². The Kier molecular flexibility index (Phi) is 3.47. The number of carbonyl (C=O) groups excluding carboxylic acids is 1. The number of hydrogen-bond donors (Lipinski definition) is 1. The fourth-order valence-corrected chi connectivity index (χ4v) is 8.04. The number of methoxy groups -OCH3 is 1. The number of rotatable bonds is 2. The minimum atomic E-state index is -0.369. The average molecular weight is 346 g/mol. The molecule has 4 fully saturated rings. The van der Waals surface area contributed by atoms with E-state index in [2.05, 4.69) is 6.08 Å². The Bertz CT molecular complexity index is 627. The standard InChI is InChI=1S/C21H30O4/c1-12(22)25-19-20(9-4-7-17(20)24-2)15-8-10-21(19)16(15)11-13-5-3-6-14(13)18(21)23/h11,14-19,23H,3-10H2,1-2H3/t14-,15-,16-,17-,18-,19+,20-,21-/m0/s1. The van der Waals surface area contributed by atoms with Crippen LogP contribution in [-0.4, -0.2) is 36.5 Å². The molecule has 0 heterocycles. The maximum Gasteiger partial charge on any atom is 0.302 e. The third kappa shape index (κ3) is 1.78. The van der Waals surface area contributed by atoms with Crippen LogP contribution in [0.1, 0.15) is 58.3 Å². The molecule has 1 spiro atoms. The molecule has 0 amide bonds. The van der Waals surface area contributed by atoms with Crippen molar-refractivity contribution in [3.8, 4) is 0 Å². The molecule has 2 bridgehead atoms. The van der Waals surface area contributed by atoms with E-state index >= 15 is 0 Å². The summed E-state index contributed by atoms with van der Waals surface area (Å²) >= 11 is 0. The second-order valence-electron chi connectivity index (χ2n) is 9.19. The van der Waals surface area contributed by atoms with E-state index < -0.39 is 0 Å². The van der Waals surface area contributed by atoms with Crippen LogP contribution in [0.5, 0.6) is 0 Å². The molecule has 5 aliphatic carbocycles. The highest BCUT2D eigenvalue weighted by atomic mass is 16.5.